The van der Waals surface area contributed by atoms with Crippen LogP contribution in [0.3, 0.4) is 0 Å². The number of rotatable bonds is 3. The van der Waals surface area contributed by atoms with Gasteiger partial charge in [-0.15, -0.1) is 0 Å². The molecule has 0 aromatic heterocycles. The predicted octanol–water partition coefficient (Wildman–Crippen LogP) is 3.04. The fraction of sp³-hybridized carbons (Fsp3) is 0.294. The molecule has 2 nitrogen and oxygen atoms in total. The molecule has 0 heterocycles. The smallest absolute Gasteiger partial charge is 0.0712 e. The first kappa shape index (κ1) is 12.4. The highest BCUT2D eigenvalue weighted by Gasteiger charge is 2.17. The zero-order valence-electron chi connectivity index (χ0n) is 11.3. The van der Waals surface area contributed by atoms with E-state index in [1.807, 2.05) is 0 Å². The maximum Gasteiger partial charge on any atom is 0.0712 e. The Bertz CT molecular complexity index is 590. The van der Waals surface area contributed by atoms with Gasteiger partial charge in [-0.05, 0) is 54.0 Å². The maximum atomic E-state index is 5.80. The van der Waals surface area contributed by atoms with Crippen molar-refractivity contribution in [2.45, 2.75) is 32.2 Å². The van der Waals surface area contributed by atoms with E-state index in [1.54, 1.807) is 0 Å². The lowest BCUT2D eigenvalue weighted by Gasteiger charge is -2.20. The first-order chi connectivity index (χ1) is 9.29. The van der Waals surface area contributed by atoms with Gasteiger partial charge in [-0.3, -0.25) is 5.84 Å². The molecule has 1 atom stereocenters. The molecule has 2 aromatic rings. The van der Waals surface area contributed by atoms with E-state index in [-0.39, 0.29) is 6.04 Å². The molecule has 1 aliphatic carbocycles. The van der Waals surface area contributed by atoms with E-state index in [1.165, 1.54) is 47.1 Å². The summed E-state index contributed by atoms with van der Waals surface area (Å²) < 4.78 is 0. The van der Waals surface area contributed by atoms with E-state index >= 15 is 0 Å². The number of benzene rings is 2. The Kier molecular flexibility index (Phi) is 3.36. The summed E-state index contributed by atoms with van der Waals surface area (Å²) in [6.07, 6.45) is 3.71. The fourth-order valence-corrected chi connectivity index (χ4v) is 3.05. The van der Waals surface area contributed by atoms with E-state index in [9.17, 15) is 0 Å². The summed E-state index contributed by atoms with van der Waals surface area (Å²) in [5, 5.41) is 0. The van der Waals surface area contributed by atoms with Crippen LogP contribution in [0.1, 0.15) is 40.3 Å². The summed E-state index contributed by atoms with van der Waals surface area (Å²) in [6, 6.07) is 15.3. The molecule has 0 radical (unpaired) electrons. The number of aryl methyl sites for hydroxylation is 3. The SMILES string of the molecule is Cc1ccccc1C(NN)c1ccc2c(c1)CCC2. The summed E-state index contributed by atoms with van der Waals surface area (Å²) in [7, 11) is 0. The minimum absolute atomic E-state index is 0.0760. The van der Waals surface area contributed by atoms with E-state index in [4.69, 9.17) is 5.84 Å². The van der Waals surface area contributed by atoms with E-state index in [0.717, 1.165) is 0 Å². The number of nitrogens with one attached hydrogen (secondary N) is 1. The van der Waals surface area contributed by atoms with Gasteiger partial charge in [-0.2, -0.15) is 0 Å². The first-order valence-corrected chi connectivity index (χ1v) is 6.93. The molecule has 2 aromatic carbocycles. The summed E-state index contributed by atoms with van der Waals surface area (Å²) >= 11 is 0. The van der Waals surface area contributed by atoms with Crippen molar-refractivity contribution >= 4 is 0 Å². The first-order valence-electron chi connectivity index (χ1n) is 6.93. The molecule has 1 aliphatic rings. The molecular formula is C17H20N2. The maximum absolute atomic E-state index is 5.80. The summed E-state index contributed by atoms with van der Waals surface area (Å²) in [4.78, 5) is 0. The van der Waals surface area contributed by atoms with Gasteiger partial charge in [0.1, 0.15) is 0 Å². The van der Waals surface area contributed by atoms with Gasteiger partial charge < -0.3 is 0 Å². The highest BCUT2D eigenvalue weighted by Crippen LogP contribution is 2.29. The van der Waals surface area contributed by atoms with Crippen LogP contribution < -0.4 is 11.3 Å². The van der Waals surface area contributed by atoms with Crippen molar-refractivity contribution in [2.24, 2.45) is 5.84 Å². The molecular weight excluding hydrogens is 232 g/mol. The van der Waals surface area contributed by atoms with Crippen molar-refractivity contribution in [3.05, 3.63) is 70.3 Å². The van der Waals surface area contributed by atoms with Crippen LogP contribution in [-0.2, 0) is 12.8 Å². The van der Waals surface area contributed by atoms with Crippen LogP contribution in [0.25, 0.3) is 0 Å². The third kappa shape index (κ3) is 2.29. The second-order valence-corrected chi connectivity index (χ2v) is 5.34. The second-order valence-electron chi connectivity index (χ2n) is 5.34. The zero-order valence-corrected chi connectivity index (χ0v) is 11.3. The van der Waals surface area contributed by atoms with Crippen molar-refractivity contribution in [1.29, 1.82) is 0 Å². The van der Waals surface area contributed by atoms with Crippen molar-refractivity contribution < 1.29 is 0 Å². The molecule has 0 spiro atoms. The standard InChI is InChI=1S/C17H20N2/c1-12-5-2-3-8-16(12)17(19-18)15-10-9-13-6-4-7-14(13)11-15/h2-3,5,8-11,17,19H,4,6-7,18H2,1H3. The Hall–Kier alpha value is -1.64. The molecule has 98 valence electrons. The Balaban J connectivity index is 2.01. The predicted molar refractivity (Wildman–Crippen MR) is 78.8 cm³/mol. The molecule has 0 aliphatic heterocycles. The lowest BCUT2D eigenvalue weighted by molar-refractivity contribution is 0.633. The number of hydrogen-bond acceptors (Lipinski definition) is 2. The van der Waals surface area contributed by atoms with Gasteiger partial charge in [0.2, 0.25) is 0 Å². The monoisotopic (exact) mass is 252 g/mol. The average Bonchev–Trinajstić information content (AvgIpc) is 2.89. The highest BCUT2D eigenvalue weighted by molar-refractivity contribution is 5.42. The zero-order chi connectivity index (χ0) is 13.2. The van der Waals surface area contributed by atoms with E-state index in [0.29, 0.717) is 0 Å². The molecule has 2 heteroatoms. The minimum atomic E-state index is 0.0760. The second kappa shape index (κ2) is 5.16. The van der Waals surface area contributed by atoms with Gasteiger partial charge in [-0.25, -0.2) is 5.43 Å². The minimum Gasteiger partial charge on any atom is -0.271 e. The molecule has 0 amide bonds. The topological polar surface area (TPSA) is 38.0 Å². The quantitative estimate of drug-likeness (QED) is 0.651. The fourth-order valence-electron chi connectivity index (χ4n) is 3.05. The van der Waals surface area contributed by atoms with Gasteiger partial charge in [0, 0.05) is 0 Å². The summed E-state index contributed by atoms with van der Waals surface area (Å²) in [6.45, 7) is 2.13. The van der Waals surface area contributed by atoms with Gasteiger partial charge in [0.25, 0.3) is 0 Å². The van der Waals surface area contributed by atoms with Gasteiger partial charge in [0.15, 0.2) is 0 Å². The number of hydrogen-bond donors (Lipinski definition) is 2. The van der Waals surface area contributed by atoms with E-state index in [2.05, 4.69) is 54.8 Å². The van der Waals surface area contributed by atoms with E-state index < -0.39 is 0 Å². The highest BCUT2D eigenvalue weighted by atomic mass is 15.2. The molecule has 3 N–H and O–H groups in total. The Morgan fingerprint density at radius 3 is 2.63 bits per heavy atom. The molecule has 0 saturated carbocycles. The summed E-state index contributed by atoms with van der Waals surface area (Å²) in [5.74, 6) is 5.80. The molecule has 19 heavy (non-hydrogen) atoms. The Morgan fingerprint density at radius 1 is 1.05 bits per heavy atom. The molecule has 0 saturated heterocycles. The number of hydrazine groups is 1. The van der Waals surface area contributed by atoms with Crippen molar-refractivity contribution in [3.63, 3.8) is 0 Å². The summed E-state index contributed by atoms with van der Waals surface area (Å²) in [5.41, 5.74) is 9.75. The van der Waals surface area contributed by atoms with Crippen LogP contribution in [0.4, 0.5) is 0 Å². The average molecular weight is 252 g/mol. The van der Waals surface area contributed by atoms with Crippen LogP contribution >= 0.6 is 0 Å². The molecule has 0 bridgehead atoms. The number of nitrogens with two attached hydrogens (primary N) is 1. The van der Waals surface area contributed by atoms with Crippen molar-refractivity contribution in [1.82, 2.24) is 5.43 Å². The van der Waals surface area contributed by atoms with Crippen LogP contribution in [-0.4, -0.2) is 0 Å². The van der Waals surface area contributed by atoms with Gasteiger partial charge >= 0.3 is 0 Å². The number of fused-ring (bicyclic) bond motifs is 1. The van der Waals surface area contributed by atoms with Crippen LogP contribution in [0, 0.1) is 6.92 Å². The van der Waals surface area contributed by atoms with Crippen LogP contribution in [0.2, 0.25) is 0 Å². The Morgan fingerprint density at radius 2 is 1.84 bits per heavy atom. The molecule has 0 fully saturated rings. The third-order valence-corrected chi connectivity index (χ3v) is 4.12. The third-order valence-electron chi connectivity index (χ3n) is 4.12. The lowest BCUT2D eigenvalue weighted by atomic mass is 9.93. The normalized spacial score (nSPS) is 15.3. The largest absolute Gasteiger partial charge is 0.271 e. The van der Waals surface area contributed by atoms with Crippen molar-refractivity contribution in [2.75, 3.05) is 0 Å². The van der Waals surface area contributed by atoms with Crippen LogP contribution in [0.15, 0.2) is 42.5 Å². The van der Waals surface area contributed by atoms with Crippen LogP contribution in [0.5, 0.6) is 0 Å². The Labute approximate surface area is 114 Å². The van der Waals surface area contributed by atoms with Gasteiger partial charge in [0.05, 0.1) is 6.04 Å². The van der Waals surface area contributed by atoms with Crippen molar-refractivity contribution in [3.8, 4) is 0 Å². The molecule has 1 unspecified atom stereocenters. The lowest BCUT2D eigenvalue weighted by Crippen LogP contribution is -2.29. The molecule has 3 rings (SSSR count). The van der Waals surface area contributed by atoms with Gasteiger partial charge in [-0.1, -0.05) is 42.5 Å².